The minimum absolute atomic E-state index is 0.0339. The van der Waals surface area contributed by atoms with Gasteiger partial charge in [0.15, 0.2) is 23.5 Å². The van der Waals surface area contributed by atoms with Gasteiger partial charge in [0.25, 0.3) is 5.56 Å². The van der Waals surface area contributed by atoms with Crippen LogP contribution in [0.1, 0.15) is 61.6 Å². The largest absolute Gasteiger partial charge is 0.523 e. The molecule has 2 aliphatic rings. The lowest BCUT2D eigenvalue weighted by molar-refractivity contribution is -0.0694. The van der Waals surface area contributed by atoms with Gasteiger partial charge >= 0.3 is 32.7 Å². The highest BCUT2D eigenvalue weighted by molar-refractivity contribution is 7.87. The molecule has 2 aliphatic heterocycles. The first-order valence-corrected chi connectivity index (χ1v) is 19.0. The first kappa shape index (κ1) is 33.0. The smallest absolute Gasteiger partial charge is 0.414 e. The second-order valence-electron chi connectivity index (χ2n) is 11.9. The van der Waals surface area contributed by atoms with Crippen molar-refractivity contribution in [3.05, 3.63) is 16.7 Å². The fourth-order valence-corrected chi connectivity index (χ4v) is 17.6. The van der Waals surface area contributed by atoms with Gasteiger partial charge in [-0.3, -0.25) is 18.5 Å². The molecule has 0 bridgehead atoms. The molecule has 4 atom stereocenters. The number of aromatic nitrogens is 4. The van der Waals surface area contributed by atoms with Crippen LogP contribution >= 0.6 is 0 Å². The number of anilines is 1. The number of ether oxygens (including phenoxy) is 1. The standard InChI is InChI=1S/C23H38F3N5O8SSi2/c1-11(2)41(12(3)4)35-9-15-17(38-42(39-41,13(5)6)14(7)8)18(37-40(33,34)23(24,25)26)21(36-15)31-10-28-16-19(31)29-22(27)30-20(16)32/h10-15,17-18,21H,9H2,1-8H3,(H3,27,29,30,32)/t15-,17-,18-,21-/m1/s1. The normalized spacial score (nSPS) is 26.7. The average molecular weight is 658 g/mol. The lowest BCUT2D eigenvalue weighted by Gasteiger charge is -2.51. The molecule has 42 heavy (non-hydrogen) atoms. The zero-order chi connectivity index (χ0) is 31.6. The third-order valence-corrected chi connectivity index (χ3v) is 19.2. The summed E-state index contributed by atoms with van der Waals surface area (Å²) in [5.74, 6) is -0.290. The van der Waals surface area contributed by atoms with Crippen LogP contribution in [0.4, 0.5) is 19.1 Å². The highest BCUT2D eigenvalue weighted by Crippen LogP contribution is 2.49. The number of H-pyrrole nitrogens is 1. The van der Waals surface area contributed by atoms with Crippen LogP contribution in [-0.4, -0.2) is 75.5 Å². The fourth-order valence-electron chi connectivity index (χ4n) is 5.78. The molecule has 0 unspecified atom stereocenters. The van der Waals surface area contributed by atoms with Crippen LogP contribution in [0.15, 0.2) is 11.1 Å². The van der Waals surface area contributed by atoms with Gasteiger partial charge < -0.3 is 23.4 Å². The van der Waals surface area contributed by atoms with Crippen molar-refractivity contribution in [2.45, 2.75) is 108 Å². The number of hydrogen-bond donors (Lipinski definition) is 2. The van der Waals surface area contributed by atoms with Crippen molar-refractivity contribution in [1.82, 2.24) is 19.5 Å². The molecule has 0 saturated carbocycles. The summed E-state index contributed by atoms with van der Waals surface area (Å²) in [5.41, 5.74) is -1.57. The highest BCUT2D eigenvalue weighted by atomic mass is 32.2. The summed E-state index contributed by atoms with van der Waals surface area (Å²) in [6, 6.07) is 0. The Balaban J connectivity index is 1.93. The van der Waals surface area contributed by atoms with E-state index in [9.17, 15) is 26.4 Å². The van der Waals surface area contributed by atoms with Gasteiger partial charge in [0, 0.05) is 0 Å². The van der Waals surface area contributed by atoms with Gasteiger partial charge in [-0.15, -0.1) is 0 Å². The Bertz CT molecular complexity index is 1450. The van der Waals surface area contributed by atoms with Gasteiger partial charge in [-0.25, -0.2) is 4.98 Å². The van der Waals surface area contributed by atoms with E-state index in [0.29, 0.717) is 0 Å². The molecular formula is C23H38F3N5O8SSi2. The number of fused-ring (bicyclic) bond motifs is 2. The molecule has 238 valence electrons. The molecule has 2 aromatic rings. The summed E-state index contributed by atoms with van der Waals surface area (Å²) in [4.78, 5) is 22.8. The minimum Gasteiger partial charge on any atom is -0.414 e. The Morgan fingerprint density at radius 1 is 1.07 bits per heavy atom. The van der Waals surface area contributed by atoms with Crippen LogP contribution in [0, 0.1) is 0 Å². The second-order valence-corrected chi connectivity index (χ2v) is 22.3. The number of hydrogen-bond acceptors (Lipinski definition) is 11. The van der Waals surface area contributed by atoms with E-state index in [1.165, 1.54) is 0 Å². The van der Waals surface area contributed by atoms with E-state index in [1.807, 2.05) is 55.4 Å². The third-order valence-electron chi connectivity index (χ3n) is 7.86. The first-order chi connectivity index (χ1) is 19.3. The fraction of sp³-hybridized carbons (Fsp3) is 0.783. The second kappa shape index (κ2) is 11.2. The van der Waals surface area contributed by atoms with Gasteiger partial charge in [-0.1, -0.05) is 55.4 Å². The van der Waals surface area contributed by atoms with Gasteiger partial charge in [-0.05, 0) is 22.2 Å². The topological polar surface area (TPSA) is 170 Å². The van der Waals surface area contributed by atoms with E-state index >= 15 is 0 Å². The SMILES string of the molecule is CC(C)[Si]1(C(C)C)OC[C@H]2O[C@@H](n3cnc4c(=O)[nH]c(N)nc43)[C@H](OS(=O)(=O)C(F)(F)F)[C@@H]2O[Si](C(C)C)(C(C)C)O1. The maximum absolute atomic E-state index is 13.6. The molecule has 0 aromatic carbocycles. The number of nitrogen functional groups attached to an aromatic ring is 1. The molecule has 3 N–H and O–H groups in total. The van der Waals surface area contributed by atoms with Crippen molar-refractivity contribution < 1.29 is 43.5 Å². The molecule has 4 heterocycles. The van der Waals surface area contributed by atoms with Crippen LogP contribution in [0.5, 0.6) is 0 Å². The van der Waals surface area contributed by atoms with E-state index < -0.39 is 62.8 Å². The summed E-state index contributed by atoms with van der Waals surface area (Å²) in [5, 5.41) is 0. The number of aromatic amines is 1. The van der Waals surface area contributed by atoms with Gasteiger partial charge in [0.2, 0.25) is 5.95 Å². The Kier molecular flexibility index (Phi) is 8.84. The molecule has 13 nitrogen and oxygen atoms in total. The summed E-state index contributed by atoms with van der Waals surface area (Å²) in [7, 11) is -12.6. The monoisotopic (exact) mass is 657 g/mol. The van der Waals surface area contributed by atoms with Crippen LogP contribution in [0.25, 0.3) is 11.2 Å². The Morgan fingerprint density at radius 2 is 1.64 bits per heavy atom. The molecule has 2 fully saturated rings. The van der Waals surface area contributed by atoms with Gasteiger partial charge in [-0.2, -0.15) is 26.6 Å². The maximum Gasteiger partial charge on any atom is 0.523 e. The number of nitrogens with one attached hydrogen (secondary N) is 1. The zero-order valence-corrected chi connectivity index (χ0v) is 27.4. The van der Waals surface area contributed by atoms with Crippen molar-refractivity contribution in [2.24, 2.45) is 0 Å². The third kappa shape index (κ3) is 5.46. The molecule has 0 aliphatic carbocycles. The van der Waals surface area contributed by atoms with E-state index in [-0.39, 0.29) is 45.9 Å². The summed E-state index contributed by atoms with van der Waals surface area (Å²) in [6.45, 7) is 15.4. The first-order valence-electron chi connectivity index (χ1n) is 13.7. The molecule has 2 aromatic heterocycles. The van der Waals surface area contributed by atoms with Crippen molar-refractivity contribution in [3.8, 4) is 0 Å². The molecule has 4 rings (SSSR count). The summed E-state index contributed by atoms with van der Waals surface area (Å²) >= 11 is 0. The average Bonchev–Trinajstić information content (AvgIpc) is 3.38. The predicted octanol–water partition coefficient (Wildman–Crippen LogP) is 3.79. The number of halogens is 3. The van der Waals surface area contributed by atoms with Crippen LogP contribution in [-0.2, 0) is 32.0 Å². The zero-order valence-electron chi connectivity index (χ0n) is 24.6. The summed E-state index contributed by atoms with van der Waals surface area (Å²) in [6.07, 6.45) is -4.80. The highest BCUT2D eigenvalue weighted by Gasteiger charge is 2.63. The van der Waals surface area contributed by atoms with Crippen LogP contribution in [0.2, 0.25) is 22.2 Å². The lowest BCUT2D eigenvalue weighted by atomic mass is 10.1. The van der Waals surface area contributed by atoms with E-state index in [4.69, 9.17) is 27.6 Å². The number of rotatable bonds is 7. The maximum atomic E-state index is 13.6. The quantitative estimate of drug-likeness (QED) is 0.252. The van der Waals surface area contributed by atoms with Crippen molar-refractivity contribution in [3.63, 3.8) is 0 Å². The van der Waals surface area contributed by atoms with Gasteiger partial charge in [0.1, 0.15) is 12.2 Å². The lowest BCUT2D eigenvalue weighted by Crippen LogP contribution is -2.66. The molecule has 2 saturated heterocycles. The Labute approximate surface area is 243 Å². The molecular weight excluding hydrogens is 620 g/mol. The Morgan fingerprint density at radius 3 is 2.17 bits per heavy atom. The van der Waals surface area contributed by atoms with E-state index in [0.717, 1.165) is 10.9 Å². The molecule has 0 radical (unpaired) electrons. The predicted molar refractivity (Wildman–Crippen MR) is 150 cm³/mol. The van der Waals surface area contributed by atoms with E-state index in [2.05, 4.69) is 15.0 Å². The number of imidazole rings is 1. The number of alkyl halides is 3. The van der Waals surface area contributed by atoms with Crippen molar-refractivity contribution in [2.75, 3.05) is 12.3 Å². The van der Waals surface area contributed by atoms with Crippen molar-refractivity contribution in [1.29, 1.82) is 0 Å². The van der Waals surface area contributed by atoms with E-state index in [1.54, 1.807) is 0 Å². The molecule has 0 amide bonds. The molecule has 19 heteroatoms. The summed E-state index contributed by atoms with van der Waals surface area (Å²) < 4.78 is 98.5. The number of nitrogens with zero attached hydrogens (tertiary/aromatic N) is 3. The molecule has 0 spiro atoms. The van der Waals surface area contributed by atoms with Gasteiger partial charge in [0.05, 0.1) is 12.9 Å². The minimum atomic E-state index is -6.14. The van der Waals surface area contributed by atoms with Crippen LogP contribution < -0.4 is 11.3 Å². The van der Waals surface area contributed by atoms with Crippen LogP contribution in [0.3, 0.4) is 0 Å². The number of nitrogens with two attached hydrogens (primary N) is 1. The van der Waals surface area contributed by atoms with Crippen molar-refractivity contribution >= 4 is 44.4 Å². The Hall–Kier alpha value is -1.88.